The quantitative estimate of drug-likeness (QED) is 0.589. The number of aryl methyl sites for hydroxylation is 1. The molecule has 0 aliphatic carbocycles. The van der Waals surface area contributed by atoms with E-state index in [0.717, 1.165) is 12.2 Å². The average molecular weight is 455 g/mol. The van der Waals surface area contributed by atoms with Crippen LogP contribution >= 0.6 is 0 Å². The van der Waals surface area contributed by atoms with Crippen LogP contribution in [0.4, 0.5) is 0 Å². The molecule has 1 aromatic heterocycles. The molecule has 1 aliphatic rings. The average Bonchev–Trinajstić information content (AvgIpc) is 3.23. The molecule has 4 rings (SSSR count). The summed E-state index contributed by atoms with van der Waals surface area (Å²) in [5.41, 5.74) is 2.22. The van der Waals surface area contributed by atoms with Gasteiger partial charge < -0.3 is 9.84 Å². The molecular formula is C23H26N4O4S. The van der Waals surface area contributed by atoms with Crippen LogP contribution in [-0.4, -0.2) is 54.9 Å². The minimum atomic E-state index is -3.68. The zero-order chi connectivity index (χ0) is 22.6. The standard InChI is InChI=1S/C23H26N4O4S/c1-18-14-21(31-25-18)16-24-23(28)20-8-5-9-22(15-20)32(29,30)27-12-10-26(11-13-27)17-19-6-3-2-4-7-19/h2-9,14-15H,10-13,16-17H2,1H3,(H,24,28). The highest BCUT2D eigenvalue weighted by Gasteiger charge is 2.29. The van der Waals surface area contributed by atoms with Crippen LogP contribution in [0.15, 0.2) is 70.1 Å². The van der Waals surface area contributed by atoms with Gasteiger partial charge in [0.2, 0.25) is 10.0 Å². The van der Waals surface area contributed by atoms with Gasteiger partial charge in [-0.15, -0.1) is 0 Å². The number of carbonyl (C=O) groups is 1. The van der Waals surface area contributed by atoms with E-state index in [-0.39, 0.29) is 22.9 Å². The summed E-state index contributed by atoms with van der Waals surface area (Å²) in [6.07, 6.45) is 0. The third-order valence-electron chi connectivity index (χ3n) is 5.41. The summed E-state index contributed by atoms with van der Waals surface area (Å²) in [4.78, 5) is 14.9. The van der Waals surface area contributed by atoms with Gasteiger partial charge in [-0.2, -0.15) is 4.31 Å². The maximum absolute atomic E-state index is 13.2. The Morgan fingerprint density at radius 3 is 2.47 bits per heavy atom. The Labute approximate surface area is 187 Å². The van der Waals surface area contributed by atoms with Gasteiger partial charge in [0, 0.05) is 44.4 Å². The Hall–Kier alpha value is -3.01. The van der Waals surface area contributed by atoms with E-state index >= 15 is 0 Å². The fourth-order valence-corrected chi connectivity index (χ4v) is 5.15. The van der Waals surface area contributed by atoms with Gasteiger partial charge in [0.1, 0.15) is 0 Å². The van der Waals surface area contributed by atoms with Crippen LogP contribution < -0.4 is 5.32 Å². The fraction of sp³-hybridized carbons (Fsp3) is 0.304. The zero-order valence-corrected chi connectivity index (χ0v) is 18.7. The van der Waals surface area contributed by atoms with Crippen molar-refractivity contribution in [2.24, 2.45) is 0 Å². The van der Waals surface area contributed by atoms with Crippen LogP contribution in [0.3, 0.4) is 0 Å². The molecule has 1 aliphatic heterocycles. The summed E-state index contributed by atoms with van der Waals surface area (Å²) >= 11 is 0. The lowest BCUT2D eigenvalue weighted by atomic mass is 10.2. The first-order valence-corrected chi connectivity index (χ1v) is 11.9. The van der Waals surface area contributed by atoms with E-state index in [1.165, 1.54) is 22.0 Å². The van der Waals surface area contributed by atoms with Crippen molar-refractivity contribution in [1.82, 2.24) is 19.7 Å². The Morgan fingerprint density at radius 2 is 1.78 bits per heavy atom. The first kappa shape index (κ1) is 22.2. The highest BCUT2D eigenvalue weighted by Crippen LogP contribution is 2.20. The van der Waals surface area contributed by atoms with E-state index in [2.05, 4.69) is 27.5 Å². The van der Waals surface area contributed by atoms with Crippen molar-refractivity contribution in [2.75, 3.05) is 26.2 Å². The molecule has 2 heterocycles. The lowest BCUT2D eigenvalue weighted by Gasteiger charge is -2.34. The van der Waals surface area contributed by atoms with Crippen molar-refractivity contribution < 1.29 is 17.7 Å². The van der Waals surface area contributed by atoms with Gasteiger partial charge in [0.15, 0.2) is 5.76 Å². The SMILES string of the molecule is Cc1cc(CNC(=O)c2cccc(S(=O)(=O)N3CCN(Cc4ccccc4)CC3)c2)on1. The molecule has 0 unspecified atom stereocenters. The van der Waals surface area contributed by atoms with Crippen LogP contribution in [-0.2, 0) is 23.1 Å². The number of nitrogens with zero attached hydrogens (tertiary/aromatic N) is 3. The number of amides is 1. The lowest BCUT2D eigenvalue weighted by molar-refractivity contribution is 0.0947. The van der Waals surface area contributed by atoms with E-state index < -0.39 is 10.0 Å². The van der Waals surface area contributed by atoms with Crippen molar-refractivity contribution in [3.8, 4) is 0 Å². The smallest absolute Gasteiger partial charge is 0.251 e. The molecule has 1 amide bonds. The molecule has 1 N–H and O–H groups in total. The largest absolute Gasteiger partial charge is 0.359 e. The molecule has 0 radical (unpaired) electrons. The molecule has 0 atom stereocenters. The predicted molar refractivity (Wildman–Crippen MR) is 119 cm³/mol. The van der Waals surface area contributed by atoms with E-state index in [4.69, 9.17) is 4.52 Å². The number of aromatic nitrogens is 1. The first-order chi connectivity index (χ1) is 15.4. The maximum Gasteiger partial charge on any atom is 0.251 e. The molecule has 8 nitrogen and oxygen atoms in total. The molecule has 0 spiro atoms. The fourth-order valence-electron chi connectivity index (χ4n) is 3.69. The van der Waals surface area contributed by atoms with Gasteiger partial charge >= 0.3 is 0 Å². The molecule has 0 bridgehead atoms. The van der Waals surface area contributed by atoms with Crippen molar-refractivity contribution >= 4 is 15.9 Å². The van der Waals surface area contributed by atoms with Crippen LogP contribution in [0.1, 0.15) is 27.4 Å². The van der Waals surface area contributed by atoms with Gasteiger partial charge in [-0.1, -0.05) is 41.6 Å². The second-order valence-electron chi connectivity index (χ2n) is 7.81. The normalized spacial score (nSPS) is 15.5. The molecule has 168 valence electrons. The van der Waals surface area contributed by atoms with E-state index in [1.54, 1.807) is 25.1 Å². The summed E-state index contributed by atoms with van der Waals surface area (Å²) in [7, 11) is -3.68. The summed E-state index contributed by atoms with van der Waals surface area (Å²) in [5, 5.41) is 6.51. The number of hydrogen-bond acceptors (Lipinski definition) is 6. The number of nitrogens with one attached hydrogen (secondary N) is 1. The maximum atomic E-state index is 13.2. The molecule has 1 fully saturated rings. The van der Waals surface area contributed by atoms with Crippen LogP contribution in [0.2, 0.25) is 0 Å². The van der Waals surface area contributed by atoms with Crippen LogP contribution in [0.25, 0.3) is 0 Å². The van der Waals surface area contributed by atoms with Crippen LogP contribution in [0.5, 0.6) is 0 Å². The molecule has 2 aromatic carbocycles. The number of sulfonamides is 1. The van der Waals surface area contributed by atoms with Crippen molar-refractivity contribution in [2.45, 2.75) is 24.9 Å². The number of benzene rings is 2. The second kappa shape index (κ2) is 9.64. The number of rotatable bonds is 7. The molecule has 0 saturated carbocycles. The van der Waals surface area contributed by atoms with Gasteiger partial charge in [-0.05, 0) is 30.7 Å². The minimum absolute atomic E-state index is 0.122. The summed E-state index contributed by atoms with van der Waals surface area (Å²) in [6, 6.07) is 18.0. The van der Waals surface area contributed by atoms with Gasteiger partial charge in [-0.3, -0.25) is 9.69 Å². The number of carbonyl (C=O) groups excluding carboxylic acids is 1. The Bertz CT molecular complexity index is 1170. The Kier molecular flexibility index (Phi) is 6.69. The second-order valence-corrected chi connectivity index (χ2v) is 9.75. The van der Waals surface area contributed by atoms with Crippen molar-refractivity contribution in [1.29, 1.82) is 0 Å². The van der Waals surface area contributed by atoms with Gasteiger partial charge in [0.05, 0.1) is 17.1 Å². The highest BCUT2D eigenvalue weighted by atomic mass is 32.2. The van der Waals surface area contributed by atoms with E-state index in [0.29, 0.717) is 31.9 Å². The summed E-state index contributed by atoms with van der Waals surface area (Å²) in [6.45, 7) is 4.92. The molecule has 32 heavy (non-hydrogen) atoms. The Morgan fingerprint density at radius 1 is 1.03 bits per heavy atom. The molecule has 1 saturated heterocycles. The van der Waals surface area contributed by atoms with Crippen molar-refractivity contribution in [3.05, 3.63) is 83.2 Å². The minimum Gasteiger partial charge on any atom is -0.359 e. The zero-order valence-electron chi connectivity index (χ0n) is 17.9. The monoisotopic (exact) mass is 454 g/mol. The summed E-state index contributed by atoms with van der Waals surface area (Å²) in [5.74, 6) is 0.164. The Balaban J connectivity index is 1.38. The highest BCUT2D eigenvalue weighted by molar-refractivity contribution is 7.89. The number of hydrogen-bond donors (Lipinski definition) is 1. The predicted octanol–water partition coefficient (Wildman–Crippen LogP) is 2.42. The lowest BCUT2D eigenvalue weighted by Crippen LogP contribution is -2.48. The first-order valence-electron chi connectivity index (χ1n) is 10.5. The third kappa shape index (κ3) is 5.24. The van der Waals surface area contributed by atoms with Crippen molar-refractivity contribution in [3.63, 3.8) is 0 Å². The van der Waals surface area contributed by atoms with Gasteiger partial charge in [-0.25, -0.2) is 8.42 Å². The third-order valence-corrected chi connectivity index (χ3v) is 7.31. The van der Waals surface area contributed by atoms with Crippen LogP contribution in [0, 0.1) is 6.92 Å². The number of piperazine rings is 1. The molecule has 9 heteroatoms. The summed E-state index contributed by atoms with van der Waals surface area (Å²) < 4.78 is 32.9. The molecule has 3 aromatic rings. The van der Waals surface area contributed by atoms with E-state index in [1.807, 2.05) is 18.2 Å². The topological polar surface area (TPSA) is 95.8 Å². The van der Waals surface area contributed by atoms with E-state index in [9.17, 15) is 13.2 Å². The molecular weight excluding hydrogens is 428 g/mol. The van der Waals surface area contributed by atoms with Gasteiger partial charge in [0.25, 0.3) is 5.91 Å².